The molecule has 0 unspecified atom stereocenters. The van der Waals surface area contributed by atoms with Crippen molar-refractivity contribution in [3.63, 3.8) is 0 Å². The lowest BCUT2D eigenvalue weighted by Gasteiger charge is -2.13. The van der Waals surface area contributed by atoms with Gasteiger partial charge in [0.25, 0.3) is 0 Å². The normalized spacial score (nSPS) is 19.3. The fourth-order valence-electron chi connectivity index (χ4n) is 2.50. The third-order valence-electron chi connectivity index (χ3n) is 3.77. The number of rotatable bonds is 3. The number of carbonyl (C=O) groups is 1. The summed E-state index contributed by atoms with van der Waals surface area (Å²) in [7, 11) is 0. The van der Waals surface area contributed by atoms with Gasteiger partial charge in [0, 0.05) is 16.5 Å². The average Bonchev–Trinajstić information content (AvgIpc) is 3.30. The Kier molecular flexibility index (Phi) is 3.08. The smallest absolute Gasteiger partial charge is 0.202 e. The Hall–Kier alpha value is -2.00. The van der Waals surface area contributed by atoms with Gasteiger partial charge in [0.2, 0.25) is 5.78 Å². The van der Waals surface area contributed by atoms with Gasteiger partial charge in [-0.1, -0.05) is 54.2 Å². The third kappa shape index (κ3) is 2.38. The van der Waals surface area contributed by atoms with Crippen molar-refractivity contribution in [2.75, 3.05) is 0 Å². The van der Waals surface area contributed by atoms with Crippen LogP contribution in [0.2, 0.25) is 0 Å². The summed E-state index contributed by atoms with van der Waals surface area (Å²) in [6.45, 7) is 0. The van der Waals surface area contributed by atoms with Crippen LogP contribution in [0.25, 0.3) is 5.70 Å². The van der Waals surface area contributed by atoms with Gasteiger partial charge in [-0.25, -0.2) is 0 Å². The van der Waals surface area contributed by atoms with E-state index in [9.17, 15) is 4.79 Å². The zero-order valence-electron chi connectivity index (χ0n) is 11.5. The largest absolute Gasteiger partial charge is 0.381 e. The molecule has 1 heterocycles. The van der Waals surface area contributed by atoms with Gasteiger partial charge < -0.3 is 5.32 Å². The molecular formula is C18H15NOS. The highest BCUT2D eigenvalue weighted by atomic mass is 32.2. The summed E-state index contributed by atoms with van der Waals surface area (Å²) < 4.78 is 0. The van der Waals surface area contributed by atoms with E-state index in [2.05, 4.69) is 17.4 Å². The molecule has 1 fully saturated rings. The Bertz CT molecular complexity index is 732. The molecule has 1 N–H and O–H groups in total. The van der Waals surface area contributed by atoms with Crippen LogP contribution in [0.3, 0.4) is 0 Å². The predicted octanol–water partition coefficient (Wildman–Crippen LogP) is 4.10. The lowest BCUT2D eigenvalue weighted by Crippen LogP contribution is -2.17. The molecule has 104 valence electrons. The van der Waals surface area contributed by atoms with Crippen LogP contribution in [-0.4, -0.2) is 11.8 Å². The van der Waals surface area contributed by atoms with E-state index in [1.807, 2.05) is 42.5 Å². The van der Waals surface area contributed by atoms with Crippen molar-refractivity contribution in [1.29, 1.82) is 0 Å². The highest BCUT2D eigenvalue weighted by Crippen LogP contribution is 2.43. The molecule has 2 aromatic rings. The maximum Gasteiger partial charge on any atom is 0.202 e. The number of thioether (sulfide) groups is 1. The number of hydrogen-bond donors (Lipinski definition) is 1. The first-order valence-electron chi connectivity index (χ1n) is 7.21. The van der Waals surface area contributed by atoms with Gasteiger partial charge in [0.05, 0.1) is 10.6 Å². The lowest BCUT2D eigenvalue weighted by atomic mass is 10.1. The molecule has 4 rings (SSSR count). The topological polar surface area (TPSA) is 29.1 Å². The Labute approximate surface area is 128 Å². The highest BCUT2D eigenvalue weighted by Gasteiger charge is 2.31. The van der Waals surface area contributed by atoms with E-state index in [4.69, 9.17) is 0 Å². The Morgan fingerprint density at radius 1 is 1.00 bits per heavy atom. The lowest BCUT2D eigenvalue weighted by molar-refractivity contribution is 0.104. The van der Waals surface area contributed by atoms with Crippen LogP contribution in [0.1, 0.15) is 28.8 Å². The molecule has 0 radical (unpaired) electrons. The van der Waals surface area contributed by atoms with Gasteiger partial charge in [-0.3, -0.25) is 4.79 Å². The Morgan fingerprint density at radius 3 is 2.43 bits per heavy atom. The minimum absolute atomic E-state index is 0.141. The summed E-state index contributed by atoms with van der Waals surface area (Å²) in [6.07, 6.45) is 2.38. The van der Waals surface area contributed by atoms with Gasteiger partial charge in [-0.15, -0.1) is 0 Å². The maximum atomic E-state index is 12.7. The molecule has 0 bridgehead atoms. The summed E-state index contributed by atoms with van der Waals surface area (Å²) in [5.74, 6) is 0.141. The second-order valence-corrected chi connectivity index (χ2v) is 6.47. The molecule has 0 aromatic heterocycles. The van der Waals surface area contributed by atoms with Crippen molar-refractivity contribution < 1.29 is 4.79 Å². The van der Waals surface area contributed by atoms with E-state index in [0.717, 1.165) is 26.6 Å². The number of allylic oxidation sites excluding steroid dienone is 1. The molecule has 0 amide bonds. The summed E-state index contributed by atoms with van der Waals surface area (Å²) in [4.78, 5) is 14.6. The second kappa shape index (κ2) is 5.08. The molecule has 1 aliphatic carbocycles. The zero-order chi connectivity index (χ0) is 14.2. The van der Waals surface area contributed by atoms with Crippen LogP contribution in [0.5, 0.6) is 0 Å². The van der Waals surface area contributed by atoms with Crippen molar-refractivity contribution in [2.24, 2.45) is 0 Å². The number of benzene rings is 2. The monoisotopic (exact) mass is 293 g/mol. The number of fused-ring (bicyclic) bond motifs is 1. The van der Waals surface area contributed by atoms with Crippen molar-refractivity contribution in [2.45, 2.75) is 23.8 Å². The summed E-state index contributed by atoms with van der Waals surface area (Å²) in [6, 6.07) is 18.5. The fraction of sp³-hybridized carbons (Fsp3) is 0.167. The minimum atomic E-state index is 0.141. The van der Waals surface area contributed by atoms with Crippen LogP contribution >= 0.6 is 11.8 Å². The van der Waals surface area contributed by atoms with E-state index in [0.29, 0.717) is 6.04 Å². The molecule has 2 aliphatic rings. The SMILES string of the molecule is O=C1C(=C(NC2CC2)c2ccccc2)Sc2ccccc21. The van der Waals surface area contributed by atoms with Gasteiger partial charge >= 0.3 is 0 Å². The predicted molar refractivity (Wildman–Crippen MR) is 86.1 cm³/mol. The molecule has 0 spiro atoms. The third-order valence-corrected chi connectivity index (χ3v) is 4.93. The van der Waals surface area contributed by atoms with Gasteiger partial charge in [0.1, 0.15) is 0 Å². The van der Waals surface area contributed by atoms with Crippen LogP contribution in [-0.2, 0) is 0 Å². The molecule has 0 atom stereocenters. The first kappa shape index (κ1) is 12.7. The van der Waals surface area contributed by atoms with Crippen molar-refractivity contribution in [3.8, 4) is 0 Å². The number of ketones is 1. The first-order valence-corrected chi connectivity index (χ1v) is 8.02. The molecule has 1 saturated carbocycles. The number of Topliss-reactive ketones (excluding diaryl/α,β-unsaturated/α-hetero) is 1. The number of hydrogen-bond acceptors (Lipinski definition) is 3. The van der Waals surface area contributed by atoms with E-state index in [1.54, 1.807) is 11.8 Å². The summed E-state index contributed by atoms with van der Waals surface area (Å²) >= 11 is 1.58. The van der Waals surface area contributed by atoms with Crippen LogP contribution in [0.15, 0.2) is 64.4 Å². The zero-order valence-corrected chi connectivity index (χ0v) is 12.3. The Balaban J connectivity index is 1.81. The van der Waals surface area contributed by atoms with Crippen molar-refractivity contribution in [3.05, 3.63) is 70.6 Å². The van der Waals surface area contributed by atoms with Gasteiger partial charge in [-0.2, -0.15) is 0 Å². The second-order valence-electron chi connectivity index (χ2n) is 5.42. The molecule has 1 aliphatic heterocycles. The highest BCUT2D eigenvalue weighted by molar-refractivity contribution is 8.05. The molecule has 2 aromatic carbocycles. The van der Waals surface area contributed by atoms with E-state index in [-0.39, 0.29) is 5.78 Å². The van der Waals surface area contributed by atoms with Crippen LogP contribution < -0.4 is 5.32 Å². The summed E-state index contributed by atoms with van der Waals surface area (Å²) in [5.41, 5.74) is 2.90. The number of carbonyl (C=O) groups excluding carboxylic acids is 1. The Morgan fingerprint density at radius 2 is 1.71 bits per heavy atom. The number of nitrogens with one attached hydrogen (secondary N) is 1. The molecule has 21 heavy (non-hydrogen) atoms. The van der Waals surface area contributed by atoms with Crippen molar-refractivity contribution >= 4 is 23.2 Å². The van der Waals surface area contributed by atoms with Gasteiger partial charge in [0.15, 0.2) is 0 Å². The minimum Gasteiger partial charge on any atom is -0.381 e. The van der Waals surface area contributed by atoms with E-state index in [1.165, 1.54) is 12.8 Å². The van der Waals surface area contributed by atoms with E-state index < -0.39 is 0 Å². The fourth-order valence-corrected chi connectivity index (χ4v) is 3.62. The first-order chi connectivity index (χ1) is 10.3. The molecule has 3 heteroatoms. The maximum absolute atomic E-state index is 12.7. The molecule has 2 nitrogen and oxygen atoms in total. The van der Waals surface area contributed by atoms with Crippen LogP contribution in [0.4, 0.5) is 0 Å². The van der Waals surface area contributed by atoms with Crippen molar-refractivity contribution in [1.82, 2.24) is 5.32 Å². The summed E-state index contributed by atoms with van der Waals surface area (Å²) in [5, 5.41) is 3.55. The quantitative estimate of drug-likeness (QED) is 0.864. The molecular weight excluding hydrogens is 278 g/mol. The average molecular weight is 293 g/mol. The molecule has 0 saturated heterocycles. The van der Waals surface area contributed by atoms with E-state index >= 15 is 0 Å². The standard InChI is InChI=1S/C18H15NOS/c20-17-14-8-4-5-9-15(14)21-18(17)16(19-13-10-11-13)12-6-2-1-3-7-12/h1-9,13,19H,10-11H2. The van der Waals surface area contributed by atoms with Gasteiger partial charge in [-0.05, 0) is 30.5 Å². The van der Waals surface area contributed by atoms with Crippen LogP contribution in [0, 0.1) is 0 Å².